The molecular formula is C10H21F3N2O. The van der Waals surface area contributed by atoms with Crippen LogP contribution in [-0.4, -0.2) is 48.0 Å². The van der Waals surface area contributed by atoms with Gasteiger partial charge in [0.05, 0.1) is 0 Å². The van der Waals surface area contributed by atoms with E-state index in [1.165, 1.54) is 4.90 Å². The number of rotatable bonds is 7. The molecule has 6 heteroatoms. The van der Waals surface area contributed by atoms with E-state index in [0.717, 1.165) is 0 Å². The predicted octanol–water partition coefficient (Wildman–Crippen LogP) is 1.36. The molecule has 0 aromatic heterocycles. The second kappa shape index (κ2) is 7.09. The highest BCUT2D eigenvalue weighted by Crippen LogP contribution is 2.28. The van der Waals surface area contributed by atoms with Gasteiger partial charge in [0.2, 0.25) is 0 Å². The molecule has 3 nitrogen and oxygen atoms in total. The third-order valence-electron chi connectivity index (χ3n) is 2.46. The van der Waals surface area contributed by atoms with Crippen LogP contribution in [0.2, 0.25) is 0 Å². The maximum atomic E-state index is 12.8. The van der Waals surface area contributed by atoms with Gasteiger partial charge in [-0.15, -0.1) is 0 Å². The molecule has 98 valence electrons. The van der Waals surface area contributed by atoms with Crippen molar-refractivity contribution in [1.82, 2.24) is 4.90 Å². The van der Waals surface area contributed by atoms with Crippen molar-refractivity contribution in [3.8, 4) is 0 Å². The molecule has 0 amide bonds. The summed E-state index contributed by atoms with van der Waals surface area (Å²) in [6.07, 6.45) is -4.03. The van der Waals surface area contributed by atoms with E-state index in [0.29, 0.717) is 6.42 Å². The zero-order chi connectivity index (χ0) is 12.8. The molecule has 0 saturated carbocycles. The summed E-state index contributed by atoms with van der Waals surface area (Å²) in [5.41, 5.74) is 5.22. The van der Waals surface area contributed by atoms with E-state index in [1.54, 1.807) is 13.8 Å². The molecule has 0 aliphatic heterocycles. The van der Waals surface area contributed by atoms with Gasteiger partial charge in [0.1, 0.15) is 6.04 Å². The number of halogens is 3. The Bertz CT molecular complexity index is 185. The minimum absolute atomic E-state index is 0.00647. The van der Waals surface area contributed by atoms with Crippen molar-refractivity contribution >= 4 is 0 Å². The topological polar surface area (TPSA) is 49.5 Å². The van der Waals surface area contributed by atoms with Crippen LogP contribution in [0.25, 0.3) is 0 Å². The molecule has 0 bridgehead atoms. The van der Waals surface area contributed by atoms with E-state index < -0.39 is 12.2 Å². The molecule has 1 atom stereocenters. The first-order valence-corrected chi connectivity index (χ1v) is 5.48. The minimum atomic E-state index is -4.26. The second-order valence-electron chi connectivity index (χ2n) is 4.04. The molecular weight excluding hydrogens is 221 g/mol. The first-order chi connectivity index (χ1) is 7.34. The van der Waals surface area contributed by atoms with Gasteiger partial charge in [-0.2, -0.15) is 13.2 Å². The summed E-state index contributed by atoms with van der Waals surface area (Å²) in [7, 11) is 0. The van der Waals surface area contributed by atoms with Crippen LogP contribution in [0, 0.1) is 0 Å². The van der Waals surface area contributed by atoms with Crippen molar-refractivity contribution < 1.29 is 18.3 Å². The van der Waals surface area contributed by atoms with Crippen LogP contribution < -0.4 is 5.73 Å². The molecule has 0 aliphatic rings. The summed E-state index contributed by atoms with van der Waals surface area (Å²) < 4.78 is 38.4. The van der Waals surface area contributed by atoms with Crippen LogP contribution in [0.3, 0.4) is 0 Å². The molecule has 0 spiro atoms. The smallest absolute Gasteiger partial charge is 0.396 e. The lowest BCUT2D eigenvalue weighted by Gasteiger charge is -2.35. The van der Waals surface area contributed by atoms with Gasteiger partial charge < -0.3 is 10.8 Å². The van der Waals surface area contributed by atoms with Crippen molar-refractivity contribution in [2.45, 2.75) is 44.9 Å². The molecule has 0 fully saturated rings. The highest BCUT2D eigenvalue weighted by molar-refractivity contribution is 4.81. The zero-order valence-corrected chi connectivity index (χ0v) is 9.80. The van der Waals surface area contributed by atoms with Gasteiger partial charge >= 0.3 is 6.18 Å². The molecule has 0 radical (unpaired) electrons. The molecule has 3 N–H and O–H groups in total. The highest BCUT2D eigenvalue weighted by Gasteiger charge is 2.43. The van der Waals surface area contributed by atoms with Gasteiger partial charge in [0, 0.05) is 19.2 Å². The maximum absolute atomic E-state index is 12.8. The molecule has 0 heterocycles. The number of aliphatic hydroxyl groups is 1. The molecule has 0 rings (SSSR count). The van der Waals surface area contributed by atoms with Crippen LogP contribution in [0.4, 0.5) is 13.2 Å². The summed E-state index contributed by atoms with van der Waals surface area (Å²) in [6, 6.07) is -1.73. The average molecular weight is 242 g/mol. The maximum Gasteiger partial charge on any atom is 0.404 e. The number of nitrogens with two attached hydrogens (primary N) is 1. The fourth-order valence-electron chi connectivity index (χ4n) is 1.70. The second-order valence-corrected chi connectivity index (χ2v) is 4.04. The van der Waals surface area contributed by atoms with Crippen LogP contribution in [0.5, 0.6) is 0 Å². The Labute approximate surface area is 94.4 Å². The molecule has 0 aliphatic carbocycles. The third kappa shape index (κ3) is 5.14. The SMILES string of the molecule is CC(C)N(CCCO)C(CCN)C(F)(F)F. The fraction of sp³-hybridized carbons (Fsp3) is 1.00. The lowest BCUT2D eigenvalue weighted by atomic mass is 10.1. The standard InChI is InChI=1S/C10H21F3N2O/c1-8(2)15(6-3-7-16)9(4-5-14)10(11,12)13/h8-9,16H,3-7,14H2,1-2H3. The summed E-state index contributed by atoms with van der Waals surface area (Å²) >= 11 is 0. The van der Waals surface area contributed by atoms with Gasteiger partial charge in [-0.3, -0.25) is 4.90 Å². The van der Waals surface area contributed by atoms with E-state index >= 15 is 0 Å². The largest absolute Gasteiger partial charge is 0.404 e. The number of hydrogen-bond donors (Lipinski definition) is 2. The average Bonchev–Trinajstić information content (AvgIpc) is 2.14. The summed E-state index contributed by atoms with van der Waals surface area (Å²) in [5, 5.41) is 8.68. The molecule has 0 aromatic carbocycles. The van der Waals surface area contributed by atoms with E-state index in [-0.39, 0.29) is 32.2 Å². The number of hydrogen-bond acceptors (Lipinski definition) is 3. The molecule has 16 heavy (non-hydrogen) atoms. The monoisotopic (exact) mass is 242 g/mol. The van der Waals surface area contributed by atoms with Crippen LogP contribution in [0.15, 0.2) is 0 Å². The van der Waals surface area contributed by atoms with Crippen LogP contribution in [-0.2, 0) is 0 Å². The Hall–Kier alpha value is -0.330. The van der Waals surface area contributed by atoms with Crippen LogP contribution >= 0.6 is 0 Å². The first kappa shape index (κ1) is 15.7. The van der Waals surface area contributed by atoms with Gasteiger partial charge in [0.15, 0.2) is 0 Å². The molecule has 0 saturated heterocycles. The first-order valence-electron chi connectivity index (χ1n) is 5.48. The molecule has 0 aromatic rings. The third-order valence-corrected chi connectivity index (χ3v) is 2.46. The fourth-order valence-corrected chi connectivity index (χ4v) is 1.70. The van der Waals surface area contributed by atoms with Crippen molar-refractivity contribution in [3.63, 3.8) is 0 Å². The highest BCUT2D eigenvalue weighted by atomic mass is 19.4. The molecule has 1 unspecified atom stereocenters. The van der Waals surface area contributed by atoms with Crippen molar-refractivity contribution in [3.05, 3.63) is 0 Å². The van der Waals surface area contributed by atoms with Crippen molar-refractivity contribution in [2.75, 3.05) is 19.7 Å². The van der Waals surface area contributed by atoms with E-state index in [9.17, 15) is 13.2 Å². The Kier molecular flexibility index (Phi) is 6.94. The Morgan fingerprint density at radius 2 is 1.88 bits per heavy atom. The zero-order valence-electron chi connectivity index (χ0n) is 9.80. The predicted molar refractivity (Wildman–Crippen MR) is 57.1 cm³/mol. The van der Waals surface area contributed by atoms with E-state index in [2.05, 4.69) is 0 Å². The number of aliphatic hydroxyl groups excluding tert-OH is 1. The summed E-state index contributed by atoms with van der Waals surface area (Å²) in [6.45, 7) is 3.57. The minimum Gasteiger partial charge on any atom is -0.396 e. The normalized spacial score (nSPS) is 14.8. The van der Waals surface area contributed by atoms with Crippen molar-refractivity contribution in [1.29, 1.82) is 0 Å². The Morgan fingerprint density at radius 1 is 1.31 bits per heavy atom. The lowest BCUT2D eigenvalue weighted by Crippen LogP contribution is -2.50. The number of alkyl halides is 3. The van der Waals surface area contributed by atoms with Crippen LogP contribution in [0.1, 0.15) is 26.7 Å². The van der Waals surface area contributed by atoms with Gasteiger partial charge in [0.25, 0.3) is 0 Å². The Morgan fingerprint density at radius 3 is 2.19 bits per heavy atom. The van der Waals surface area contributed by atoms with Gasteiger partial charge in [-0.1, -0.05) is 0 Å². The Balaban J connectivity index is 4.66. The van der Waals surface area contributed by atoms with E-state index in [1.807, 2.05) is 0 Å². The quantitative estimate of drug-likeness (QED) is 0.708. The van der Waals surface area contributed by atoms with Gasteiger partial charge in [-0.05, 0) is 33.2 Å². The summed E-state index contributed by atoms with van der Waals surface area (Å²) in [5.74, 6) is 0. The van der Waals surface area contributed by atoms with Gasteiger partial charge in [-0.25, -0.2) is 0 Å². The summed E-state index contributed by atoms with van der Waals surface area (Å²) in [4.78, 5) is 1.35. The lowest BCUT2D eigenvalue weighted by molar-refractivity contribution is -0.190. The van der Waals surface area contributed by atoms with Crippen molar-refractivity contribution in [2.24, 2.45) is 5.73 Å². The number of nitrogens with zero attached hydrogens (tertiary/aromatic N) is 1. The van der Waals surface area contributed by atoms with E-state index in [4.69, 9.17) is 10.8 Å².